The Morgan fingerprint density at radius 1 is 1.55 bits per heavy atom. The Balaban J connectivity index is 2.32. The predicted molar refractivity (Wildman–Crippen MR) is 43.0 cm³/mol. The molecule has 0 radical (unpaired) electrons. The number of aryl methyl sites for hydroxylation is 2. The molecule has 1 heterocycles. The number of unbranched alkanes of at least 4 members (excludes halogenated alkanes) is 1. The van der Waals surface area contributed by atoms with Crippen LogP contribution in [0.15, 0.2) is 6.20 Å². The lowest BCUT2D eigenvalue weighted by Gasteiger charge is -2.00. The van der Waals surface area contributed by atoms with Crippen LogP contribution in [-0.4, -0.2) is 21.5 Å². The summed E-state index contributed by atoms with van der Waals surface area (Å²) in [6.45, 7) is 3.69. The topological polar surface area (TPSA) is 56.7 Å². The van der Waals surface area contributed by atoms with Crippen molar-refractivity contribution < 1.29 is 0 Å². The summed E-state index contributed by atoms with van der Waals surface area (Å²) in [5, 5.41) is 7.70. The van der Waals surface area contributed by atoms with Crippen molar-refractivity contribution in [3.63, 3.8) is 0 Å². The molecular weight excluding hydrogens is 140 g/mol. The molecule has 0 amide bonds. The van der Waals surface area contributed by atoms with E-state index in [9.17, 15) is 0 Å². The van der Waals surface area contributed by atoms with Gasteiger partial charge in [0.25, 0.3) is 0 Å². The van der Waals surface area contributed by atoms with E-state index in [2.05, 4.69) is 10.3 Å². The average molecular weight is 154 g/mol. The minimum absolute atomic E-state index is 0.758. The van der Waals surface area contributed by atoms with E-state index in [-0.39, 0.29) is 0 Å². The fourth-order valence-corrected chi connectivity index (χ4v) is 0.936. The monoisotopic (exact) mass is 154 g/mol. The predicted octanol–water partition coefficient (Wildman–Crippen LogP) is 0.325. The minimum atomic E-state index is 0.758. The summed E-state index contributed by atoms with van der Waals surface area (Å²) in [5.41, 5.74) is 6.47. The Bertz CT molecular complexity index is 206. The molecule has 0 saturated heterocycles. The van der Waals surface area contributed by atoms with Crippen molar-refractivity contribution in [2.24, 2.45) is 5.73 Å². The second-order valence-electron chi connectivity index (χ2n) is 2.59. The second-order valence-corrected chi connectivity index (χ2v) is 2.59. The molecule has 1 aromatic rings. The average Bonchev–Trinajstić information content (AvgIpc) is 2.37. The SMILES string of the molecule is Cc1cnnn1CCCCN. The smallest absolute Gasteiger partial charge is 0.0722 e. The third-order valence-corrected chi connectivity index (χ3v) is 1.64. The molecule has 0 aliphatic heterocycles. The van der Waals surface area contributed by atoms with Crippen LogP contribution in [0.25, 0.3) is 0 Å². The molecule has 0 atom stereocenters. The molecule has 0 aliphatic rings. The van der Waals surface area contributed by atoms with Gasteiger partial charge >= 0.3 is 0 Å². The van der Waals surface area contributed by atoms with Crippen molar-refractivity contribution >= 4 is 0 Å². The highest BCUT2D eigenvalue weighted by Crippen LogP contribution is 1.96. The summed E-state index contributed by atoms with van der Waals surface area (Å²) in [5.74, 6) is 0. The van der Waals surface area contributed by atoms with Gasteiger partial charge in [-0.15, -0.1) is 5.10 Å². The highest BCUT2D eigenvalue weighted by Gasteiger charge is 1.95. The zero-order valence-electron chi connectivity index (χ0n) is 6.82. The first-order valence-corrected chi connectivity index (χ1v) is 3.89. The van der Waals surface area contributed by atoms with Crippen molar-refractivity contribution in [2.75, 3.05) is 6.54 Å². The van der Waals surface area contributed by atoms with Gasteiger partial charge < -0.3 is 5.73 Å². The van der Waals surface area contributed by atoms with Crippen molar-refractivity contribution in [3.8, 4) is 0 Å². The zero-order valence-corrected chi connectivity index (χ0v) is 6.82. The van der Waals surface area contributed by atoms with Gasteiger partial charge in [-0.3, -0.25) is 0 Å². The fourth-order valence-electron chi connectivity index (χ4n) is 0.936. The first-order chi connectivity index (χ1) is 5.34. The van der Waals surface area contributed by atoms with E-state index in [4.69, 9.17) is 5.73 Å². The summed E-state index contributed by atoms with van der Waals surface area (Å²) in [7, 11) is 0. The van der Waals surface area contributed by atoms with E-state index in [1.807, 2.05) is 11.6 Å². The minimum Gasteiger partial charge on any atom is -0.330 e. The number of hydrogen-bond donors (Lipinski definition) is 1. The maximum Gasteiger partial charge on any atom is 0.0722 e. The normalized spacial score (nSPS) is 10.4. The lowest BCUT2D eigenvalue weighted by atomic mass is 10.3. The van der Waals surface area contributed by atoms with Gasteiger partial charge in [0.05, 0.1) is 11.9 Å². The first kappa shape index (κ1) is 8.20. The van der Waals surface area contributed by atoms with Gasteiger partial charge in [-0.1, -0.05) is 5.21 Å². The molecule has 0 aliphatic carbocycles. The third-order valence-electron chi connectivity index (χ3n) is 1.64. The molecule has 0 aromatic carbocycles. The molecule has 1 aromatic heterocycles. The number of hydrogen-bond acceptors (Lipinski definition) is 3. The Morgan fingerprint density at radius 3 is 2.91 bits per heavy atom. The molecule has 4 nitrogen and oxygen atoms in total. The van der Waals surface area contributed by atoms with Gasteiger partial charge in [-0.05, 0) is 26.3 Å². The van der Waals surface area contributed by atoms with E-state index >= 15 is 0 Å². The van der Waals surface area contributed by atoms with Crippen LogP contribution in [-0.2, 0) is 6.54 Å². The third kappa shape index (κ3) is 2.31. The van der Waals surface area contributed by atoms with E-state index in [0.29, 0.717) is 0 Å². The zero-order chi connectivity index (χ0) is 8.10. The molecule has 0 fully saturated rings. The van der Waals surface area contributed by atoms with Crippen molar-refractivity contribution in [3.05, 3.63) is 11.9 Å². The fraction of sp³-hybridized carbons (Fsp3) is 0.714. The molecule has 4 heteroatoms. The molecule has 62 valence electrons. The first-order valence-electron chi connectivity index (χ1n) is 3.89. The molecule has 1 rings (SSSR count). The van der Waals surface area contributed by atoms with Crippen molar-refractivity contribution in [1.82, 2.24) is 15.0 Å². The van der Waals surface area contributed by atoms with Crippen molar-refractivity contribution in [2.45, 2.75) is 26.3 Å². The highest BCUT2D eigenvalue weighted by atomic mass is 15.4. The number of nitrogens with zero attached hydrogens (tertiary/aromatic N) is 3. The second kappa shape index (κ2) is 4.08. The van der Waals surface area contributed by atoms with E-state index in [1.165, 1.54) is 0 Å². The van der Waals surface area contributed by atoms with Crippen LogP contribution in [0, 0.1) is 6.92 Å². The Labute approximate surface area is 66.4 Å². The van der Waals surface area contributed by atoms with E-state index in [0.717, 1.165) is 31.6 Å². The molecule has 0 spiro atoms. The number of aromatic nitrogens is 3. The van der Waals surface area contributed by atoms with Gasteiger partial charge in [0, 0.05) is 6.54 Å². The van der Waals surface area contributed by atoms with Gasteiger partial charge in [0.1, 0.15) is 0 Å². The van der Waals surface area contributed by atoms with Crippen molar-refractivity contribution in [1.29, 1.82) is 0 Å². The van der Waals surface area contributed by atoms with Gasteiger partial charge in [-0.25, -0.2) is 4.68 Å². The van der Waals surface area contributed by atoms with Gasteiger partial charge in [0.15, 0.2) is 0 Å². The molecule has 0 unspecified atom stereocenters. The largest absolute Gasteiger partial charge is 0.330 e. The molecular formula is C7H14N4. The lowest BCUT2D eigenvalue weighted by Crippen LogP contribution is -2.05. The Kier molecular flexibility index (Phi) is 3.04. The molecule has 0 bridgehead atoms. The Morgan fingerprint density at radius 2 is 2.36 bits per heavy atom. The summed E-state index contributed by atoms with van der Waals surface area (Å²) in [6.07, 6.45) is 3.91. The standard InChI is InChI=1S/C7H14N4/c1-7-6-9-10-11(7)5-3-2-4-8/h6H,2-5,8H2,1H3. The van der Waals surface area contributed by atoms with Crippen LogP contribution >= 0.6 is 0 Å². The van der Waals surface area contributed by atoms with Crippen LogP contribution in [0.4, 0.5) is 0 Å². The van der Waals surface area contributed by atoms with Crippen LogP contribution in [0.3, 0.4) is 0 Å². The summed E-state index contributed by atoms with van der Waals surface area (Å²) < 4.78 is 1.90. The summed E-state index contributed by atoms with van der Waals surface area (Å²) in [6, 6.07) is 0. The maximum atomic E-state index is 5.36. The van der Waals surface area contributed by atoms with Gasteiger partial charge in [0.2, 0.25) is 0 Å². The molecule has 2 N–H and O–H groups in total. The number of rotatable bonds is 4. The highest BCUT2D eigenvalue weighted by molar-refractivity contribution is 4.88. The van der Waals surface area contributed by atoms with E-state index < -0.39 is 0 Å². The number of nitrogens with two attached hydrogens (primary N) is 1. The lowest BCUT2D eigenvalue weighted by molar-refractivity contribution is 0.534. The van der Waals surface area contributed by atoms with Crippen LogP contribution in [0.1, 0.15) is 18.5 Å². The van der Waals surface area contributed by atoms with Gasteiger partial charge in [-0.2, -0.15) is 0 Å². The van der Waals surface area contributed by atoms with Crippen LogP contribution < -0.4 is 5.73 Å². The quantitative estimate of drug-likeness (QED) is 0.636. The summed E-state index contributed by atoms with van der Waals surface area (Å²) in [4.78, 5) is 0. The Hall–Kier alpha value is -0.900. The summed E-state index contributed by atoms with van der Waals surface area (Å²) >= 11 is 0. The molecule has 11 heavy (non-hydrogen) atoms. The van der Waals surface area contributed by atoms with Crippen LogP contribution in [0.2, 0.25) is 0 Å². The van der Waals surface area contributed by atoms with E-state index in [1.54, 1.807) is 6.20 Å². The maximum absolute atomic E-state index is 5.36. The molecule has 0 saturated carbocycles. The van der Waals surface area contributed by atoms with Crippen LogP contribution in [0.5, 0.6) is 0 Å².